The molecular weight excluding hydrogens is 284 g/mol. The van der Waals surface area contributed by atoms with E-state index in [0.717, 1.165) is 25.0 Å². The number of amides is 1. The summed E-state index contributed by atoms with van der Waals surface area (Å²) in [5.41, 5.74) is 1.93. The maximum absolute atomic E-state index is 12.7. The second kappa shape index (κ2) is 6.35. The molecule has 4 heteroatoms. The van der Waals surface area contributed by atoms with Crippen molar-refractivity contribution in [2.45, 2.75) is 58.9 Å². The fourth-order valence-corrected chi connectivity index (χ4v) is 3.22. The van der Waals surface area contributed by atoms with Crippen LogP contribution in [0.25, 0.3) is 0 Å². The summed E-state index contributed by atoms with van der Waals surface area (Å²) in [7, 11) is 1.91. The van der Waals surface area contributed by atoms with Gasteiger partial charge in [-0.2, -0.15) is 0 Å². The van der Waals surface area contributed by atoms with Crippen molar-refractivity contribution in [1.82, 2.24) is 9.88 Å². The van der Waals surface area contributed by atoms with Gasteiger partial charge in [0.25, 0.3) is 5.91 Å². The summed E-state index contributed by atoms with van der Waals surface area (Å²) in [6.45, 7) is 6.63. The number of carbonyl (C=O) groups is 1. The van der Waals surface area contributed by atoms with Gasteiger partial charge in [0.1, 0.15) is 5.15 Å². The van der Waals surface area contributed by atoms with Gasteiger partial charge in [-0.1, -0.05) is 32.4 Å². The van der Waals surface area contributed by atoms with Gasteiger partial charge >= 0.3 is 0 Å². The second-order valence-electron chi connectivity index (χ2n) is 6.83. The molecule has 1 heterocycles. The molecule has 1 aliphatic rings. The lowest BCUT2D eigenvalue weighted by Gasteiger charge is -2.38. The standard InChI is InChI=1S/C17H25ClN2O/c1-5-13-10-12(11-15(18)19-13)16(21)20(4)14-6-8-17(2,3)9-7-14/h10-11,14H,5-9H2,1-4H3. The number of hydrogen-bond donors (Lipinski definition) is 0. The molecule has 0 unspecified atom stereocenters. The van der Waals surface area contributed by atoms with E-state index in [0.29, 0.717) is 22.2 Å². The molecule has 1 saturated carbocycles. The summed E-state index contributed by atoms with van der Waals surface area (Å²) < 4.78 is 0. The Bertz CT molecular complexity index is 518. The Labute approximate surface area is 132 Å². The Morgan fingerprint density at radius 1 is 1.38 bits per heavy atom. The van der Waals surface area contributed by atoms with Gasteiger partial charge in [-0.15, -0.1) is 0 Å². The highest BCUT2D eigenvalue weighted by atomic mass is 35.5. The van der Waals surface area contributed by atoms with Crippen molar-refractivity contribution in [2.75, 3.05) is 7.05 Å². The number of nitrogens with zero attached hydrogens (tertiary/aromatic N) is 2. The second-order valence-corrected chi connectivity index (χ2v) is 7.22. The maximum atomic E-state index is 12.7. The number of halogens is 1. The number of carbonyl (C=O) groups excluding carboxylic acids is 1. The first-order valence-corrected chi connectivity index (χ1v) is 8.14. The summed E-state index contributed by atoms with van der Waals surface area (Å²) in [4.78, 5) is 18.8. The van der Waals surface area contributed by atoms with Gasteiger partial charge in [0.2, 0.25) is 0 Å². The quantitative estimate of drug-likeness (QED) is 0.778. The largest absolute Gasteiger partial charge is 0.339 e. The summed E-state index contributed by atoms with van der Waals surface area (Å²) in [6.07, 6.45) is 5.28. The fourth-order valence-electron chi connectivity index (χ4n) is 3.00. The molecule has 21 heavy (non-hydrogen) atoms. The molecule has 2 rings (SSSR count). The van der Waals surface area contributed by atoms with Crippen LogP contribution in [0, 0.1) is 5.41 Å². The van der Waals surface area contributed by atoms with Crippen LogP contribution in [0.5, 0.6) is 0 Å². The predicted octanol–water partition coefficient (Wildman–Crippen LogP) is 4.34. The molecule has 1 aromatic rings. The van der Waals surface area contributed by atoms with E-state index in [1.165, 1.54) is 12.8 Å². The van der Waals surface area contributed by atoms with Crippen LogP contribution in [0.2, 0.25) is 5.15 Å². The first-order chi connectivity index (χ1) is 9.82. The highest BCUT2D eigenvalue weighted by Crippen LogP contribution is 2.36. The van der Waals surface area contributed by atoms with E-state index < -0.39 is 0 Å². The lowest BCUT2D eigenvalue weighted by Crippen LogP contribution is -2.40. The Kier molecular flexibility index (Phi) is 4.92. The van der Waals surface area contributed by atoms with Crippen molar-refractivity contribution in [3.63, 3.8) is 0 Å². The van der Waals surface area contributed by atoms with E-state index in [1.807, 2.05) is 24.9 Å². The molecule has 1 amide bonds. The molecule has 1 aliphatic carbocycles. The van der Waals surface area contributed by atoms with E-state index in [9.17, 15) is 4.79 Å². The molecule has 0 atom stereocenters. The highest BCUT2D eigenvalue weighted by Gasteiger charge is 2.31. The van der Waals surface area contributed by atoms with Crippen molar-refractivity contribution in [1.29, 1.82) is 0 Å². The first kappa shape index (κ1) is 16.3. The molecule has 0 spiro atoms. The molecule has 0 aromatic carbocycles. The van der Waals surface area contributed by atoms with Crippen molar-refractivity contribution in [3.05, 3.63) is 28.5 Å². The third kappa shape index (κ3) is 3.97. The molecule has 0 bridgehead atoms. The Hall–Kier alpha value is -1.09. The lowest BCUT2D eigenvalue weighted by molar-refractivity contribution is 0.0635. The van der Waals surface area contributed by atoms with E-state index >= 15 is 0 Å². The normalized spacial score (nSPS) is 18.5. The third-order valence-corrected chi connectivity index (χ3v) is 4.83. The molecule has 1 fully saturated rings. The minimum absolute atomic E-state index is 0.0544. The smallest absolute Gasteiger partial charge is 0.254 e. The van der Waals surface area contributed by atoms with Crippen LogP contribution in [0.4, 0.5) is 0 Å². The van der Waals surface area contributed by atoms with Crippen LogP contribution in [0.3, 0.4) is 0 Å². The Morgan fingerprint density at radius 2 is 2.00 bits per heavy atom. The van der Waals surface area contributed by atoms with Gasteiger partial charge in [0, 0.05) is 24.3 Å². The zero-order valence-electron chi connectivity index (χ0n) is 13.4. The average Bonchev–Trinajstić information content (AvgIpc) is 2.45. The summed E-state index contributed by atoms with van der Waals surface area (Å²) in [5, 5.41) is 0.399. The molecular formula is C17H25ClN2O. The van der Waals surface area contributed by atoms with E-state index in [2.05, 4.69) is 18.8 Å². The van der Waals surface area contributed by atoms with Gasteiger partial charge in [0.15, 0.2) is 0 Å². The Balaban J connectivity index is 2.11. The zero-order chi connectivity index (χ0) is 15.6. The number of aryl methyl sites for hydroxylation is 1. The zero-order valence-corrected chi connectivity index (χ0v) is 14.2. The highest BCUT2D eigenvalue weighted by molar-refractivity contribution is 6.29. The molecule has 0 saturated heterocycles. The molecule has 3 nitrogen and oxygen atoms in total. The van der Waals surface area contributed by atoms with Crippen LogP contribution < -0.4 is 0 Å². The minimum atomic E-state index is 0.0544. The lowest BCUT2D eigenvalue weighted by atomic mass is 9.75. The monoisotopic (exact) mass is 308 g/mol. The van der Waals surface area contributed by atoms with Crippen molar-refractivity contribution in [3.8, 4) is 0 Å². The van der Waals surface area contributed by atoms with Gasteiger partial charge in [0.05, 0.1) is 0 Å². The number of pyridine rings is 1. The average molecular weight is 309 g/mol. The van der Waals surface area contributed by atoms with Crippen LogP contribution in [-0.2, 0) is 6.42 Å². The minimum Gasteiger partial charge on any atom is -0.339 e. The van der Waals surface area contributed by atoms with Gasteiger partial charge < -0.3 is 4.90 Å². The molecule has 0 radical (unpaired) electrons. The predicted molar refractivity (Wildman–Crippen MR) is 86.8 cm³/mol. The number of rotatable bonds is 3. The molecule has 0 N–H and O–H groups in total. The molecule has 116 valence electrons. The maximum Gasteiger partial charge on any atom is 0.254 e. The number of aromatic nitrogens is 1. The van der Waals surface area contributed by atoms with Crippen LogP contribution >= 0.6 is 11.6 Å². The van der Waals surface area contributed by atoms with Crippen molar-refractivity contribution < 1.29 is 4.79 Å². The molecule has 0 aliphatic heterocycles. The molecule has 1 aromatic heterocycles. The van der Waals surface area contributed by atoms with Crippen molar-refractivity contribution in [2.24, 2.45) is 5.41 Å². The number of hydrogen-bond acceptors (Lipinski definition) is 2. The van der Waals surface area contributed by atoms with Crippen LogP contribution in [0.15, 0.2) is 12.1 Å². The van der Waals surface area contributed by atoms with E-state index in [-0.39, 0.29) is 5.91 Å². The van der Waals surface area contributed by atoms with Crippen molar-refractivity contribution >= 4 is 17.5 Å². The first-order valence-electron chi connectivity index (χ1n) is 7.76. The van der Waals surface area contributed by atoms with E-state index in [1.54, 1.807) is 6.07 Å². The van der Waals surface area contributed by atoms with Gasteiger partial charge in [-0.25, -0.2) is 4.98 Å². The van der Waals surface area contributed by atoms with Crippen LogP contribution in [-0.4, -0.2) is 28.9 Å². The van der Waals surface area contributed by atoms with Gasteiger partial charge in [-0.3, -0.25) is 4.79 Å². The Morgan fingerprint density at radius 3 is 2.57 bits per heavy atom. The summed E-state index contributed by atoms with van der Waals surface area (Å²) >= 11 is 6.02. The topological polar surface area (TPSA) is 33.2 Å². The SMILES string of the molecule is CCc1cc(C(=O)N(C)C2CCC(C)(C)CC2)cc(Cl)n1. The van der Waals surface area contributed by atoms with Crippen LogP contribution in [0.1, 0.15) is 62.5 Å². The third-order valence-electron chi connectivity index (χ3n) is 4.63. The summed E-state index contributed by atoms with van der Waals surface area (Å²) in [5.74, 6) is 0.0544. The van der Waals surface area contributed by atoms with E-state index in [4.69, 9.17) is 11.6 Å². The van der Waals surface area contributed by atoms with Gasteiger partial charge in [-0.05, 0) is 49.7 Å². The fraction of sp³-hybridized carbons (Fsp3) is 0.647. The summed E-state index contributed by atoms with van der Waals surface area (Å²) in [6, 6.07) is 3.87.